The number of nitrogens with zero attached hydrogens (tertiary/aromatic N) is 8. The van der Waals surface area contributed by atoms with Crippen LogP contribution in [0.1, 0.15) is 169 Å². The Morgan fingerprint density at radius 2 is 0.983 bits per heavy atom. The third-order valence-electron chi connectivity index (χ3n) is 22.7. The zero-order valence-corrected chi connectivity index (χ0v) is 71.0. The van der Waals surface area contributed by atoms with E-state index in [0.717, 1.165) is 29.1 Å². The summed E-state index contributed by atoms with van der Waals surface area (Å²) in [6, 6.07) is 25.4. The van der Waals surface area contributed by atoms with E-state index in [1.807, 2.05) is 64.1 Å². The first kappa shape index (κ1) is 94.1. The molecule has 0 radical (unpaired) electrons. The Kier molecular flexibility index (Phi) is 36.7. The molecule has 2 aliphatic heterocycles. The first-order valence-corrected chi connectivity index (χ1v) is 41.0. The molecule has 2 heterocycles. The summed E-state index contributed by atoms with van der Waals surface area (Å²) in [6.07, 6.45) is -1.91. The van der Waals surface area contributed by atoms with Crippen LogP contribution in [0.15, 0.2) is 121 Å². The number of aliphatic hydroxyl groups is 1. The number of hydrogen-bond acceptors (Lipinski definition) is 15. The lowest BCUT2D eigenvalue weighted by Crippen LogP contribution is -2.59. The molecule has 4 aromatic carbocycles. The van der Waals surface area contributed by atoms with Gasteiger partial charge in [0.25, 0.3) is 0 Å². The monoisotopic (exact) mass is 1590 g/mol. The molecule has 2 saturated heterocycles. The minimum Gasteiger partial charge on any atom is -0.393 e. The van der Waals surface area contributed by atoms with E-state index < -0.39 is 186 Å². The molecule has 4 aromatic rings. The van der Waals surface area contributed by atoms with E-state index in [2.05, 4.69) is 10.6 Å². The average molecular weight is 1590 g/mol. The van der Waals surface area contributed by atoms with Crippen LogP contribution in [0.25, 0.3) is 0 Å². The predicted octanol–water partition coefficient (Wildman–Crippen LogP) is 8.03. The Labute approximate surface area is 681 Å². The number of amides is 10. The molecule has 10 amide bonds. The number of piperidine rings is 1. The van der Waals surface area contributed by atoms with Crippen LogP contribution in [0.2, 0.25) is 0 Å². The van der Waals surface area contributed by atoms with Gasteiger partial charge in [0.05, 0.1) is 42.6 Å². The van der Waals surface area contributed by atoms with Crippen molar-refractivity contribution in [1.29, 1.82) is 0 Å². The van der Waals surface area contributed by atoms with Gasteiger partial charge in [-0.15, -0.1) is 0 Å². The highest BCUT2D eigenvalue weighted by atomic mass is 16.3. The van der Waals surface area contributed by atoms with Crippen LogP contribution in [0.5, 0.6) is 0 Å². The number of nitrogens with one attached hydrogen (secondary N) is 2. The van der Waals surface area contributed by atoms with Crippen molar-refractivity contribution in [3.05, 3.63) is 144 Å². The largest absolute Gasteiger partial charge is 0.393 e. The minimum absolute atomic E-state index is 0.0230. The Bertz CT molecular complexity index is 3950. The van der Waals surface area contributed by atoms with E-state index >= 15 is 33.6 Å². The molecular weight excluding hydrogens is 1460 g/mol. The summed E-state index contributed by atoms with van der Waals surface area (Å²) in [5.74, 6) is -13.8. The average Bonchev–Trinajstić information content (AvgIpc) is 0.816. The number of aliphatic hydroxyl groups excluding tert-OH is 1. The van der Waals surface area contributed by atoms with Crippen LogP contribution in [-0.2, 0) is 92.8 Å². The Hall–Kier alpha value is -9.78. The molecule has 0 aromatic heterocycles. The van der Waals surface area contributed by atoms with Crippen molar-refractivity contribution in [3.63, 3.8) is 0 Å². The van der Waals surface area contributed by atoms with Crippen LogP contribution < -0.4 is 10.6 Å². The van der Waals surface area contributed by atoms with Gasteiger partial charge in [0.2, 0.25) is 59.1 Å². The lowest BCUT2D eigenvalue weighted by Gasteiger charge is -2.37. The summed E-state index contributed by atoms with van der Waals surface area (Å²) < 4.78 is 0. The smallest absolute Gasteiger partial charge is 0.246 e. The van der Waals surface area contributed by atoms with E-state index in [-0.39, 0.29) is 82.1 Å². The van der Waals surface area contributed by atoms with Gasteiger partial charge < -0.3 is 54.9 Å². The molecule has 2 aliphatic rings. The van der Waals surface area contributed by atoms with Crippen molar-refractivity contribution in [3.8, 4) is 0 Å². The van der Waals surface area contributed by atoms with Gasteiger partial charge >= 0.3 is 0 Å². The van der Waals surface area contributed by atoms with Gasteiger partial charge in [-0.2, -0.15) is 0 Å². The standard InChI is InChI=1S/C90H128N10O15/c1-57(2)47-70-77(104)54-67(50-63-33-23-18-24-34-63)86(111)99(17)83(60(7)8)78(105)55-68(62(10)101)84(109)91-69(87(112)97(15)74(53-66-39-29-21-30-40-66)89(114)96(14)72(52-65-37-27-20-28-38-65)76(103)49-61(9)85(110)100-44-31-22-32-45-100)56-81(108)93(11)46-43-79(106)92-82(59(5)6)90(115)98(16)73(48-58(3)4)88(113)95(13)71(51-64-35-25-19-26-36-64)75(102)41-42-80(107)94(70)12/h18-21,23-30,33-40,57-62,67-74,82-83,101H,22,31-32,41-56H2,1-17H3,(H,91,109)(H,92,106)/t61-,62-,67-,68+,69+,70+,71+,72+,73+,74+,82+,83+/m1/s1. The molecule has 3 N–H and O–H groups in total. The van der Waals surface area contributed by atoms with Crippen molar-refractivity contribution in [1.82, 2.24) is 49.8 Å². The van der Waals surface area contributed by atoms with Crippen molar-refractivity contribution >= 4 is 82.2 Å². The van der Waals surface area contributed by atoms with Gasteiger partial charge in [0, 0.05) is 126 Å². The normalized spacial score (nSPS) is 22.5. The van der Waals surface area contributed by atoms with Gasteiger partial charge in [-0.3, -0.25) is 67.1 Å². The topological polar surface area (TPSA) is 309 Å². The van der Waals surface area contributed by atoms with Gasteiger partial charge in [-0.05, 0) is 104 Å². The zero-order valence-electron chi connectivity index (χ0n) is 71.0. The number of hydrogen-bond donors (Lipinski definition) is 3. The SMILES string of the molecule is CC(C)C[C@H]1C(=O)C[C@@H](Cc2ccccc2)C(=O)N(C)[C@@H](C(C)C)C(=O)C[C@@H]([C@@H](C)O)C(=O)N[C@H](C(=O)N(C)[C@@H](Cc2ccccc2)C(=O)N(C)[C@@H](Cc2ccccc2)C(=O)C[C@@H](C)C(=O)N2CCCCC2)CC(=O)N(C)CCC(=O)N[C@@H](C(C)C)C(=O)N(C)[C@@H](CC(C)C)C(=O)N(C)[C@@H](Cc2ccccc2)C(=O)CCC(=O)N1C. The molecule has 2 fully saturated rings. The van der Waals surface area contributed by atoms with E-state index in [4.69, 9.17) is 0 Å². The van der Waals surface area contributed by atoms with E-state index in [0.29, 0.717) is 35.3 Å². The molecule has 25 nitrogen and oxygen atoms in total. The Morgan fingerprint density at radius 3 is 1.50 bits per heavy atom. The van der Waals surface area contributed by atoms with Crippen molar-refractivity contribution in [2.45, 2.75) is 226 Å². The predicted molar refractivity (Wildman–Crippen MR) is 441 cm³/mol. The molecular formula is C90H128N10O15. The summed E-state index contributed by atoms with van der Waals surface area (Å²) >= 11 is 0. The third-order valence-corrected chi connectivity index (χ3v) is 22.7. The molecule has 0 unspecified atom stereocenters. The number of rotatable bonds is 23. The van der Waals surface area contributed by atoms with Crippen LogP contribution >= 0.6 is 0 Å². The number of likely N-dealkylation sites (N-methyl/N-ethyl adjacent to an activating group) is 6. The minimum atomic E-state index is -1.87. The summed E-state index contributed by atoms with van der Waals surface area (Å²) in [4.78, 5) is 221. The molecule has 12 atom stereocenters. The maximum Gasteiger partial charge on any atom is 0.246 e. The summed E-state index contributed by atoms with van der Waals surface area (Å²) in [6.45, 7) is 18.2. The van der Waals surface area contributed by atoms with Crippen LogP contribution in [0.4, 0.5) is 0 Å². The lowest BCUT2D eigenvalue weighted by atomic mass is 9.85. The Morgan fingerprint density at radius 1 is 0.478 bits per heavy atom. The van der Waals surface area contributed by atoms with Crippen LogP contribution in [0.3, 0.4) is 0 Å². The number of likely N-dealkylation sites (tertiary alicyclic amines) is 1. The fraction of sp³-hybridized carbons (Fsp3) is 0.578. The first-order valence-electron chi connectivity index (χ1n) is 41.0. The first-order chi connectivity index (χ1) is 54.3. The van der Waals surface area contributed by atoms with Crippen LogP contribution in [0, 0.1) is 41.4 Å². The van der Waals surface area contributed by atoms with Gasteiger partial charge in [-0.25, -0.2) is 0 Å². The van der Waals surface area contributed by atoms with Crippen LogP contribution in [-0.4, -0.2) is 250 Å². The highest BCUT2D eigenvalue weighted by molar-refractivity contribution is 6.01. The highest BCUT2D eigenvalue weighted by Gasteiger charge is 2.45. The Balaban J connectivity index is 1.46. The number of Topliss-reactive ketones (excluding diaryl/α,β-unsaturated/α-hetero) is 4. The molecule has 115 heavy (non-hydrogen) atoms. The molecule has 6 rings (SSSR count). The maximum atomic E-state index is 15.9. The van der Waals surface area contributed by atoms with E-state index in [9.17, 15) is 38.7 Å². The van der Waals surface area contributed by atoms with Gasteiger partial charge in [-0.1, -0.05) is 184 Å². The second-order valence-corrected chi connectivity index (χ2v) is 33.5. The molecule has 628 valence electrons. The molecule has 0 saturated carbocycles. The van der Waals surface area contributed by atoms with Crippen molar-refractivity contribution < 1.29 is 72.2 Å². The zero-order chi connectivity index (χ0) is 85.2. The second-order valence-electron chi connectivity index (χ2n) is 33.5. The molecule has 25 heteroatoms. The van der Waals surface area contributed by atoms with E-state index in [1.54, 1.807) is 124 Å². The molecule has 0 spiro atoms. The van der Waals surface area contributed by atoms with Gasteiger partial charge in [0.1, 0.15) is 24.2 Å². The number of benzene rings is 4. The van der Waals surface area contributed by atoms with Gasteiger partial charge in [0.15, 0.2) is 23.1 Å². The van der Waals surface area contributed by atoms with Crippen molar-refractivity contribution in [2.24, 2.45) is 41.4 Å². The molecule has 0 bridgehead atoms. The quantitative estimate of drug-likeness (QED) is 0.0633. The lowest BCUT2D eigenvalue weighted by molar-refractivity contribution is -0.150. The van der Waals surface area contributed by atoms with Crippen molar-refractivity contribution in [2.75, 3.05) is 69.0 Å². The summed E-state index contributed by atoms with van der Waals surface area (Å²) in [7, 11) is 10.00. The molecule has 0 aliphatic carbocycles. The number of carbonyl (C=O) groups is 14. The fourth-order valence-electron chi connectivity index (χ4n) is 15.7. The fourth-order valence-corrected chi connectivity index (χ4v) is 15.7. The third kappa shape index (κ3) is 27.2. The maximum absolute atomic E-state index is 15.9. The summed E-state index contributed by atoms with van der Waals surface area (Å²) in [5.41, 5.74) is 2.70. The second kappa shape index (κ2) is 44.9. The summed E-state index contributed by atoms with van der Waals surface area (Å²) in [5, 5.41) is 17.2. The van der Waals surface area contributed by atoms with E-state index in [1.165, 1.54) is 80.8 Å². The number of ketones is 4. The highest BCUT2D eigenvalue weighted by Crippen LogP contribution is 2.29. The number of carbonyl (C=O) groups excluding carboxylic acids is 14.